The molecule has 8 nitrogen and oxygen atoms in total. The van der Waals surface area contributed by atoms with Gasteiger partial charge in [-0.15, -0.1) is 11.3 Å². The van der Waals surface area contributed by atoms with Crippen molar-refractivity contribution in [3.05, 3.63) is 121 Å². The lowest BCUT2D eigenvalue weighted by Crippen LogP contribution is -2.20. The second-order valence-corrected chi connectivity index (χ2v) is 12.1. The van der Waals surface area contributed by atoms with Gasteiger partial charge in [0.15, 0.2) is 17.5 Å². The maximum Gasteiger partial charge on any atom is 0.271 e. The molecule has 5 rings (SSSR count). The number of hydrogen-bond acceptors (Lipinski definition) is 7. The van der Waals surface area contributed by atoms with Gasteiger partial charge in [0.25, 0.3) is 11.8 Å². The highest BCUT2D eigenvalue weighted by Gasteiger charge is 2.13. The van der Waals surface area contributed by atoms with Crippen molar-refractivity contribution in [2.24, 2.45) is 5.10 Å². The number of hydrazone groups is 1. The van der Waals surface area contributed by atoms with Crippen molar-refractivity contribution in [2.75, 3.05) is 17.2 Å². The van der Waals surface area contributed by atoms with E-state index in [1.54, 1.807) is 36.4 Å². The summed E-state index contributed by atoms with van der Waals surface area (Å²) in [7, 11) is 0. The van der Waals surface area contributed by atoms with Crippen LogP contribution in [0.4, 0.5) is 16.5 Å². The highest BCUT2D eigenvalue weighted by molar-refractivity contribution is 7.14. The van der Waals surface area contributed by atoms with E-state index in [0.29, 0.717) is 26.9 Å². The number of nitrogens with zero attached hydrogens (tertiary/aromatic N) is 2. The smallest absolute Gasteiger partial charge is 0.271 e. The van der Waals surface area contributed by atoms with Crippen molar-refractivity contribution in [2.45, 2.75) is 6.92 Å². The zero-order chi connectivity index (χ0) is 31.9. The number of hydrogen-bond donors (Lipinski definition) is 3. The first-order valence-electron chi connectivity index (χ1n) is 13.2. The topological polar surface area (TPSA) is 105 Å². The molecule has 0 unspecified atom stereocenters. The van der Waals surface area contributed by atoms with Gasteiger partial charge in [0.1, 0.15) is 0 Å². The van der Waals surface area contributed by atoms with Gasteiger partial charge in [0, 0.05) is 27.9 Å². The van der Waals surface area contributed by atoms with Crippen molar-refractivity contribution in [3.8, 4) is 17.0 Å². The van der Waals surface area contributed by atoms with E-state index in [1.165, 1.54) is 29.2 Å². The molecule has 3 N–H and O–H groups in total. The van der Waals surface area contributed by atoms with Crippen LogP contribution < -0.4 is 20.8 Å². The Balaban J connectivity index is 1.13. The fourth-order valence-corrected chi connectivity index (χ4v) is 5.60. The molecule has 0 aliphatic heterocycles. The predicted molar refractivity (Wildman–Crippen MR) is 184 cm³/mol. The van der Waals surface area contributed by atoms with E-state index in [2.05, 4.69) is 26.1 Å². The number of carbonyl (C=O) groups excluding carboxylic acids is 2. The van der Waals surface area contributed by atoms with Gasteiger partial charge >= 0.3 is 0 Å². The van der Waals surface area contributed by atoms with Crippen molar-refractivity contribution in [1.82, 2.24) is 10.4 Å². The largest absolute Gasteiger partial charge is 0.481 e. The van der Waals surface area contributed by atoms with E-state index >= 15 is 0 Å². The Labute approximate surface area is 283 Å². The zero-order valence-corrected chi connectivity index (χ0v) is 27.2. The molecule has 0 saturated heterocycles. The summed E-state index contributed by atoms with van der Waals surface area (Å²) < 4.78 is 5.53. The summed E-state index contributed by atoms with van der Waals surface area (Å²) in [6, 6.07) is 22.9. The van der Waals surface area contributed by atoms with E-state index in [9.17, 15) is 9.59 Å². The van der Waals surface area contributed by atoms with E-state index in [1.807, 2.05) is 48.7 Å². The zero-order valence-electron chi connectivity index (χ0n) is 23.4. The Morgan fingerprint density at radius 2 is 1.56 bits per heavy atom. The number of anilines is 3. The number of aromatic nitrogens is 1. The number of rotatable bonds is 10. The fraction of sp³-hybridized carbons (Fsp3) is 0.0625. The van der Waals surface area contributed by atoms with Crippen LogP contribution in [-0.4, -0.2) is 29.6 Å². The number of aryl methyl sites for hydroxylation is 1. The van der Waals surface area contributed by atoms with Crippen LogP contribution in [0.25, 0.3) is 11.3 Å². The molecule has 1 aromatic heterocycles. The van der Waals surface area contributed by atoms with E-state index in [-0.39, 0.29) is 22.4 Å². The molecule has 0 bridgehead atoms. The van der Waals surface area contributed by atoms with Crippen molar-refractivity contribution < 1.29 is 14.3 Å². The maximum absolute atomic E-state index is 12.6. The van der Waals surface area contributed by atoms with E-state index < -0.39 is 11.8 Å². The second kappa shape index (κ2) is 14.8. The number of carbonyl (C=O) groups is 2. The minimum absolute atomic E-state index is 0.127. The number of ether oxygens (including phenoxy) is 1. The number of amides is 2. The van der Waals surface area contributed by atoms with Crippen LogP contribution in [-0.2, 0) is 4.79 Å². The summed E-state index contributed by atoms with van der Waals surface area (Å²) in [6.07, 6.45) is 1.39. The van der Waals surface area contributed by atoms with Crippen LogP contribution in [0.1, 0.15) is 21.5 Å². The summed E-state index contributed by atoms with van der Waals surface area (Å²) in [6.45, 7) is 1.69. The molecule has 0 aliphatic carbocycles. The molecule has 0 fully saturated rings. The summed E-state index contributed by atoms with van der Waals surface area (Å²) >= 11 is 26.0. The summed E-state index contributed by atoms with van der Waals surface area (Å²) in [4.78, 5) is 29.6. The van der Waals surface area contributed by atoms with Crippen LogP contribution in [0, 0.1) is 6.92 Å². The van der Waals surface area contributed by atoms with Gasteiger partial charge in [-0.1, -0.05) is 76.2 Å². The van der Waals surface area contributed by atoms with Gasteiger partial charge in [-0.3, -0.25) is 9.59 Å². The van der Waals surface area contributed by atoms with Gasteiger partial charge in [-0.05, 0) is 67.1 Å². The standard InChI is InChI=1S/C32H23Cl4N5O3S/c1-18-2-8-22(9-3-18)39-32-40-28(17-45-32)20-4-6-21(7-5-20)31(43)41-37-15-19-12-26(35)30(27(36)13-19)44-16-29(42)38-23-10-11-24(33)25(34)14-23/h2-15,17H,16H2,1H3,(H,38,42)(H,39,40)(H,41,43)/b37-15+. The van der Waals surface area contributed by atoms with Crippen LogP contribution in [0.3, 0.4) is 0 Å². The van der Waals surface area contributed by atoms with Crippen molar-refractivity contribution in [1.29, 1.82) is 0 Å². The Kier molecular flexibility index (Phi) is 10.6. The Morgan fingerprint density at radius 1 is 0.867 bits per heavy atom. The third-order valence-electron chi connectivity index (χ3n) is 6.20. The summed E-state index contributed by atoms with van der Waals surface area (Å²) in [5, 5.41) is 13.7. The minimum atomic E-state index is -0.451. The monoisotopic (exact) mass is 697 g/mol. The third-order valence-corrected chi connectivity index (χ3v) is 8.26. The Bertz CT molecular complexity index is 1860. The molecule has 5 aromatic rings. The normalized spacial score (nSPS) is 11.0. The Morgan fingerprint density at radius 3 is 2.24 bits per heavy atom. The highest BCUT2D eigenvalue weighted by atomic mass is 35.5. The first-order chi connectivity index (χ1) is 21.6. The SMILES string of the molecule is Cc1ccc(Nc2nc(-c3ccc(C(=O)N/N=C/c4cc(Cl)c(OCC(=O)Nc5ccc(Cl)c(Cl)c5)c(Cl)c4)cc3)cs2)cc1. The first kappa shape index (κ1) is 32.3. The number of thiazole rings is 1. The average molecular weight is 699 g/mol. The van der Waals surface area contributed by atoms with Crippen LogP contribution in [0.5, 0.6) is 5.75 Å². The number of halogens is 4. The highest BCUT2D eigenvalue weighted by Crippen LogP contribution is 2.34. The number of nitrogens with one attached hydrogen (secondary N) is 3. The van der Waals surface area contributed by atoms with E-state index in [0.717, 1.165) is 22.1 Å². The molecular weight excluding hydrogens is 676 g/mol. The quantitative estimate of drug-likeness (QED) is 0.0996. The molecule has 0 atom stereocenters. The lowest BCUT2D eigenvalue weighted by molar-refractivity contribution is -0.118. The van der Waals surface area contributed by atoms with Gasteiger partial charge < -0.3 is 15.4 Å². The van der Waals surface area contributed by atoms with Crippen molar-refractivity contribution in [3.63, 3.8) is 0 Å². The molecule has 1 heterocycles. The van der Waals surface area contributed by atoms with Crippen LogP contribution in [0.2, 0.25) is 20.1 Å². The Hall–Kier alpha value is -4.12. The molecule has 0 radical (unpaired) electrons. The second-order valence-electron chi connectivity index (χ2n) is 9.58. The predicted octanol–water partition coefficient (Wildman–Crippen LogP) is 9.26. The molecule has 4 aromatic carbocycles. The molecule has 0 spiro atoms. The van der Waals surface area contributed by atoms with Gasteiger partial charge in [-0.25, -0.2) is 10.4 Å². The molecular formula is C32H23Cl4N5O3S. The van der Waals surface area contributed by atoms with E-state index in [4.69, 9.17) is 51.1 Å². The van der Waals surface area contributed by atoms with Crippen LogP contribution >= 0.6 is 57.7 Å². The fourth-order valence-electron chi connectivity index (χ4n) is 3.95. The molecule has 0 saturated carbocycles. The van der Waals surface area contributed by atoms with Crippen molar-refractivity contribution >= 4 is 92.3 Å². The maximum atomic E-state index is 12.6. The average Bonchev–Trinajstić information content (AvgIpc) is 3.48. The van der Waals surface area contributed by atoms with Gasteiger partial charge in [-0.2, -0.15) is 5.10 Å². The molecule has 13 heteroatoms. The molecule has 0 aliphatic rings. The molecule has 45 heavy (non-hydrogen) atoms. The van der Waals surface area contributed by atoms with Crippen LogP contribution in [0.15, 0.2) is 89.3 Å². The lowest BCUT2D eigenvalue weighted by atomic mass is 10.1. The van der Waals surface area contributed by atoms with Gasteiger partial charge in [0.05, 0.1) is 32.0 Å². The lowest BCUT2D eigenvalue weighted by Gasteiger charge is -2.11. The molecule has 2 amide bonds. The minimum Gasteiger partial charge on any atom is -0.481 e. The number of benzene rings is 4. The summed E-state index contributed by atoms with van der Waals surface area (Å²) in [5.41, 5.74) is 7.69. The summed E-state index contributed by atoms with van der Waals surface area (Å²) in [5.74, 6) is -0.724. The van der Waals surface area contributed by atoms with Gasteiger partial charge in [0.2, 0.25) is 0 Å². The molecule has 228 valence electrons. The first-order valence-corrected chi connectivity index (χ1v) is 15.6. The third kappa shape index (κ3) is 8.75.